The molecule has 0 spiro atoms. The van der Waals surface area contributed by atoms with Gasteiger partial charge in [-0.1, -0.05) is 12.8 Å². The Morgan fingerprint density at radius 3 is 2.47 bits per heavy atom. The molecule has 104 valence electrons. The Bertz CT molecular complexity index is 488. The van der Waals surface area contributed by atoms with E-state index in [-0.39, 0.29) is 11.4 Å². The van der Waals surface area contributed by atoms with Crippen LogP contribution < -0.4 is 5.73 Å². The van der Waals surface area contributed by atoms with Crippen molar-refractivity contribution in [3.63, 3.8) is 0 Å². The molecule has 1 aromatic rings. The second-order valence-corrected chi connectivity index (χ2v) is 5.65. The van der Waals surface area contributed by atoms with E-state index in [2.05, 4.69) is 6.92 Å². The number of aryl methyl sites for hydroxylation is 1. The SMILES string of the molecule is COC(=O)c1cc(C)c(C)c(C2(CN)CCCC2)c1. The molecule has 0 amide bonds. The van der Waals surface area contributed by atoms with Gasteiger partial charge in [-0.05, 0) is 55.5 Å². The van der Waals surface area contributed by atoms with Gasteiger partial charge in [0.1, 0.15) is 0 Å². The van der Waals surface area contributed by atoms with E-state index in [1.54, 1.807) is 0 Å². The number of nitrogens with two attached hydrogens (primary N) is 1. The Balaban J connectivity index is 2.55. The monoisotopic (exact) mass is 261 g/mol. The second kappa shape index (κ2) is 5.33. The lowest BCUT2D eigenvalue weighted by molar-refractivity contribution is 0.0600. The predicted octanol–water partition coefficient (Wildman–Crippen LogP) is 2.86. The number of carbonyl (C=O) groups is 1. The van der Waals surface area contributed by atoms with Crippen LogP contribution in [0.4, 0.5) is 0 Å². The lowest BCUT2D eigenvalue weighted by Gasteiger charge is -2.30. The van der Waals surface area contributed by atoms with Gasteiger partial charge in [0, 0.05) is 12.0 Å². The molecule has 1 aromatic carbocycles. The highest BCUT2D eigenvalue weighted by atomic mass is 16.5. The highest BCUT2D eigenvalue weighted by molar-refractivity contribution is 5.90. The average molecular weight is 261 g/mol. The van der Waals surface area contributed by atoms with Crippen LogP contribution in [0.3, 0.4) is 0 Å². The number of carbonyl (C=O) groups excluding carboxylic acids is 1. The summed E-state index contributed by atoms with van der Waals surface area (Å²) in [4.78, 5) is 11.8. The van der Waals surface area contributed by atoms with Crippen molar-refractivity contribution in [3.05, 3.63) is 34.4 Å². The van der Waals surface area contributed by atoms with Crippen molar-refractivity contribution in [1.82, 2.24) is 0 Å². The molecule has 2 N–H and O–H groups in total. The zero-order valence-corrected chi connectivity index (χ0v) is 12.1. The number of benzene rings is 1. The first-order valence-electron chi connectivity index (χ1n) is 6.94. The highest BCUT2D eigenvalue weighted by Gasteiger charge is 2.36. The van der Waals surface area contributed by atoms with Crippen molar-refractivity contribution < 1.29 is 9.53 Å². The minimum Gasteiger partial charge on any atom is -0.465 e. The molecule has 0 saturated heterocycles. The molecule has 2 rings (SSSR count). The molecule has 1 fully saturated rings. The van der Waals surface area contributed by atoms with E-state index in [0.29, 0.717) is 12.1 Å². The van der Waals surface area contributed by atoms with Crippen LogP contribution in [-0.2, 0) is 10.2 Å². The zero-order chi connectivity index (χ0) is 14.0. The van der Waals surface area contributed by atoms with E-state index in [1.807, 2.05) is 19.1 Å². The Hall–Kier alpha value is -1.35. The Kier molecular flexibility index (Phi) is 3.95. The van der Waals surface area contributed by atoms with Crippen LogP contribution in [0.1, 0.15) is 52.7 Å². The number of hydrogen-bond acceptors (Lipinski definition) is 3. The van der Waals surface area contributed by atoms with E-state index >= 15 is 0 Å². The summed E-state index contributed by atoms with van der Waals surface area (Å²) in [7, 11) is 1.42. The van der Waals surface area contributed by atoms with Crippen LogP contribution in [0.15, 0.2) is 12.1 Å². The molecule has 0 radical (unpaired) electrons. The largest absolute Gasteiger partial charge is 0.465 e. The first-order valence-corrected chi connectivity index (χ1v) is 6.94. The third-order valence-electron chi connectivity index (χ3n) is 4.61. The number of rotatable bonds is 3. The first-order chi connectivity index (χ1) is 9.04. The third kappa shape index (κ3) is 2.39. The van der Waals surface area contributed by atoms with Crippen molar-refractivity contribution in [2.45, 2.75) is 44.9 Å². The van der Waals surface area contributed by atoms with Crippen LogP contribution in [0.25, 0.3) is 0 Å². The van der Waals surface area contributed by atoms with Gasteiger partial charge in [-0.15, -0.1) is 0 Å². The average Bonchev–Trinajstić information content (AvgIpc) is 2.90. The molecule has 1 aliphatic rings. The Morgan fingerprint density at radius 2 is 1.95 bits per heavy atom. The molecule has 3 heteroatoms. The van der Waals surface area contributed by atoms with Crippen molar-refractivity contribution in [3.8, 4) is 0 Å². The van der Waals surface area contributed by atoms with Crippen molar-refractivity contribution in [1.29, 1.82) is 0 Å². The van der Waals surface area contributed by atoms with Crippen molar-refractivity contribution >= 4 is 5.97 Å². The molecule has 0 atom stereocenters. The fourth-order valence-corrected chi connectivity index (χ4v) is 3.28. The summed E-state index contributed by atoms with van der Waals surface area (Å²) in [5.74, 6) is -0.269. The maximum absolute atomic E-state index is 11.8. The number of hydrogen-bond donors (Lipinski definition) is 1. The van der Waals surface area contributed by atoms with Gasteiger partial charge in [0.15, 0.2) is 0 Å². The van der Waals surface area contributed by atoms with Gasteiger partial charge in [0.2, 0.25) is 0 Å². The smallest absolute Gasteiger partial charge is 0.337 e. The quantitative estimate of drug-likeness (QED) is 0.851. The fourth-order valence-electron chi connectivity index (χ4n) is 3.28. The van der Waals surface area contributed by atoms with Gasteiger partial charge < -0.3 is 10.5 Å². The van der Waals surface area contributed by atoms with E-state index in [0.717, 1.165) is 18.4 Å². The molecular weight excluding hydrogens is 238 g/mol. The van der Waals surface area contributed by atoms with Gasteiger partial charge >= 0.3 is 5.97 Å². The van der Waals surface area contributed by atoms with Gasteiger partial charge in [0.05, 0.1) is 12.7 Å². The second-order valence-electron chi connectivity index (χ2n) is 5.65. The van der Waals surface area contributed by atoms with Crippen molar-refractivity contribution in [2.75, 3.05) is 13.7 Å². The summed E-state index contributed by atoms with van der Waals surface area (Å²) in [6.07, 6.45) is 4.68. The summed E-state index contributed by atoms with van der Waals surface area (Å²) in [6, 6.07) is 3.90. The summed E-state index contributed by atoms with van der Waals surface area (Å²) in [5.41, 5.74) is 10.4. The Morgan fingerprint density at radius 1 is 1.32 bits per heavy atom. The number of esters is 1. The highest BCUT2D eigenvalue weighted by Crippen LogP contribution is 2.42. The summed E-state index contributed by atoms with van der Waals surface area (Å²) >= 11 is 0. The minimum absolute atomic E-state index is 0.0544. The lowest BCUT2D eigenvalue weighted by atomic mass is 9.75. The van der Waals surface area contributed by atoms with E-state index in [4.69, 9.17) is 10.5 Å². The molecule has 0 unspecified atom stereocenters. The minimum atomic E-state index is -0.269. The molecular formula is C16H23NO2. The van der Waals surface area contributed by atoms with Crippen LogP contribution in [0, 0.1) is 13.8 Å². The molecule has 3 nitrogen and oxygen atoms in total. The lowest BCUT2D eigenvalue weighted by Crippen LogP contribution is -2.33. The Labute approximate surface area is 115 Å². The summed E-state index contributed by atoms with van der Waals surface area (Å²) < 4.78 is 4.85. The van der Waals surface area contributed by atoms with Crippen LogP contribution >= 0.6 is 0 Å². The number of methoxy groups -OCH3 is 1. The molecule has 0 heterocycles. The predicted molar refractivity (Wildman–Crippen MR) is 76.5 cm³/mol. The van der Waals surface area contributed by atoms with E-state index in [9.17, 15) is 4.79 Å². The standard InChI is InChI=1S/C16H23NO2/c1-11-8-13(15(18)19-3)9-14(12(11)2)16(10-17)6-4-5-7-16/h8-9H,4-7,10,17H2,1-3H3. The van der Waals surface area contributed by atoms with Gasteiger partial charge in [0.25, 0.3) is 0 Å². The molecule has 1 saturated carbocycles. The summed E-state index contributed by atoms with van der Waals surface area (Å²) in [5, 5.41) is 0. The van der Waals surface area contributed by atoms with Crippen molar-refractivity contribution in [2.24, 2.45) is 5.73 Å². The van der Waals surface area contributed by atoms with E-state index in [1.165, 1.54) is 31.1 Å². The topological polar surface area (TPSA) is 52.3 Å². The zero-order valence-electron chi connectivity index (χ0n) is 12.1. The first kappa shape index (κ1) is 14.1. The molecule has 0 aromatic heterocycles. The van der Waals surface area contributed by atoms with Gasteiger partial charge in [-0.25, -0.2) is 4.79 Å². The molecule has 19 heavy (non-hydrogen) atoms. The van der Waals surface area contributed by atoms with Crippen LogP contribution in [0.5, 0.6) is 0 Å². The van der Waals surface area contributed by atoms with Gasteiger partial charge in [-0.3, -0.25) is 0 Å². The fraction of sp³-hybridized carbons (Fsp3) is 0.562. The maximum atomic E-state index is 11.8. The molecule has 0 bridgehead atoms. The molecule has 0 aliphatic heterocycles. The van der Waals surface area contributed by atoms with E-state index < -0.39 is 0 Å². The maximum Gasteiger partial charge on any atom is 0.337 e. The van der Waals surface area contributed by atoms with Crippen LogP contribution in [-0.4, -0.2) is 19.6 Å². The third-order valence-corrected chi connectivity index (χ3v) is 4.61. The molecule has 1 aliphatic carbocycles. The normalized spacial score (nSPS) is 17.5. The summed E-state index contributed by atoms with van der Waals surface area (Å²) in [6.45, 7) is 4.82. The number of ether oxygens (including phenoxy) is 1. The van der Waals surface area contributed by atoms with Crippen LogP contribution in [0.2, 0.25) is 0 Å². The van der Waals surface area contributed by atoms with Gasteiger partial charge in [-0.2, -0.15) is 0 Å².